The van der Waals surface area contributed by atoms with Gasteiger partial charge in [0, 0.05) is 6.04 Å². The van der Waals surface area contributed by atoms with Crippen molar-refractivity contribution in [3.8, 4) is 0 Å². The van der Waals surface area contributed by atoms with Gasteiger partial charge in [0.2, 0.25) is 0 Å². The van der Waals surface area contributed by atoms with Crippen molar-refractivity contribution in [2.45, 2.75) is 37.1 Å². The van der Waals surface area contributed by atoms with Gasteiger partial charge in [0.15, 0.2) is 0 Å². The van der Waals surface area contributed by atoms with E-state index in [2.05, 4.69) is 24.3 Å². The van der Waals surface area contributed by atoms with Crippen LogP contribution in [0.1, 0.15) is 42.2 Å². The summed E-state index contributed by atoms with van der Waals surface area (Å²) in [4.78, 5) is 0. The van der Waals surface area contributed by atoms with Crippen LogP contribution in [0.5, 0.6) is 0 Å². The van der Waals surface area contributed by atoms with E-state index in [0.717, 1.165) is 0 Å². The first-order valence-electron chi connectivity index (χ1n) is 5.22. The van der Waals surface area contributed by atoms with Crippen LogP contribution in [0.25, 0.3) is 0 Å². The smallest absolute Gasteiger partial charge is 0.0177 e. The van der Waals surface area contributed by atoms with E-state index in [1.54, 1.807) is 0 Å². The van der Waals surface area contributed by atoms with Gasteiger partial charge in [0.25, 0.3) is 0 Å². The van der Waals surface area contributed by atoms with Crippen LogP contribution in [0.4, 0.5) is 0 Å². The molecule has 1 nitrogen and oxygen atoms in total. The van der Waals surface area contributed by atoms with Crippen LogP contribution in [-0.2, 0) is 0 Å². The van der Waals surface area contributed by atoms with Crippen molar-refractivity contribution in [2.24, 2.45) is 5.73 Å². The van der Waals surface area contributed by atoms with E-state index in [-0.39, 0.29) is 0 Å². The first kappa shape index (κ1) is 7.57. The predicted octanol–water partition coefficient (Wildman–Crippen LogP) is 2.38. The molecule has 3 atom stereocenters. The summed E-state index contributed by atoms with van der Waals surface area (Å²) >= 11 is 0. The molecule has 68 valence electrons. The summed E-state index contributed by atoms with van der Waals surface area (Å²) in [6.45, 7) is 0. The third-order valence-corrected chi connectivity index (χ3v) is 3.75. The number of hydrogen-bond acceptors (Lipinski definition) is 1. The molecule has 2 aliphatic carbocycles. The molecule has 0 spiro atoms. The Bertz CT molecular complexity index is 301. The normalized spacial score (nSPS) is 35.9. The van der Waals surface area contributed by atoms with Crippen LogP contribution in [0.2, 0.25) is 0 Å². The highest BCUT2D eigenvalue weighted by Crippen LogP contribution is 2.49. The minimum Gasteiger partial charge on any atom is -0.327 e. The molecule has 1 unspecified atom stereocenters. The zero-order valence-electron chi connectivity index (χ0n) is 7.74. The summed E-state index contributed by atoms with van der Waals surface area (Å²) in [6, 6.07) is 9.24. The second-order valence-corrected chi connectivity index (χ2v) is 4.35. The molecule has 0 heterocycles. The maximum atomic E-state index is 6.23. The number of rotatable bonds is 0. The molecular formula is C12H15N. The minimum atomic E-state index is 0.408. The van der Waals surface area contributed by atoms with Crippen molar-refractivity contribution >= 4 is 0 Å². The standard InChI is InChI=1S/C12H15N/c13-12-10-6-3-7-11(12)9-5-2-1-4-8(9)10/h1-2,4-5,10-12H,3,6-7,13H2/t10-,11+,12?. The summed E-state index contributed by atoms with van der Waals surface area (Å²) < 4.78 is 0. The molecule has 0 radical (unpaired) electrons. The van der Waals surface area contributed by atoms with Crippen molar-refractivity contribution in [1.29, 1.82) is 0 Å². The second kappa shape index (κ2) is 2.58. The van der Waals surface area contributed by atoms with Crippen LogP contribution in [0.3, 0.4) is 0 Å². The number of nitrogens with two attached hydrogens (primary N) is 1. The van der Waals surface area contributed by atoms with Gasteiger partial charge in [-0.25, -0.2) is 0 Å². The van der Waals surface area contributed by atoms with Gasteiger partial charge in [0.05, 0.1) is 0 Å². The van der Waals surface area contributed by atoms with E-state index in [0.29, 0.717) is 17.9 Å². The van der Waals surface area contributed by atoms with Gasteiger partial charge in [-0.2, -0.15) is 0 Å². The lowest BCUT2D eigenvalue weighted by molar-refractivity contribution is 0.376. The molecular weight excluding hydrogens is 158 g/mol. The molecule has 1 aromatic carbocycles. The van der Waals surface area contributed by atoms with E-state index >= 15 is 0 Å². The molecule has 2 bridgehead atoms. The average Bonchev–Trinajstić information content (AvgIpc) is 2.36. The predicted molar refractivity (Wildman–Crippen MR) is 53.8 cm³/mol. The van der Waals surface area contributed by atoms with Gasteiger partial charge < -0.3 is 5.73 Å². The van der Waals surface area contributed by atoms with Crippen LogP contribution >= 0.6 is 0 Å². The van der Waals surface area contributed by atoms with Crippen molar-refractivity contribution < 1.29 is 0 Å². The lowest BCUT2D eigenvalue weighted by atomic mass is 9.82. The third kappa shape index (κ3) is 0.910. The number of hydrogen-bond donors (Lipinski definition) is 1. The summed E-state index contributed by atoms with van der Waals surface area (Å²) in [6.07, 6.45) is 3.96. The molecule has 1 saturated carbocycles. The zero-order chi connectivity index (χ0) is 8.84. The van der Waals surface area contributed by atoms with Gasteiger partial charge in [0.1, 0.15) is 0 Å². The Morgan fingerprint density at radius 2 is 1.54 bits per heavy atom. The van der Waals surface area contributed by atoms with Gasteiger partial charge in [-0.1, -0.05) is 30.7 Å². The van der Waals surface area contributed by atoms with Gasteiger partial charge >= 0.3 is 0 Å². The Hall–Kier alpha value is -0.820. The van der Waals surface area contributed by atoms with Crippen LogP contribution in [0.15, 0.2) is 24.3 Å². The van der Waals surface area contributed by atoms with Gasteiger partial charge in [-0.15, -0.1) is 0 Å². The van der Waals surface area contributed by atoms with Crippen LogP contribution in [0, 0.1) is 0 Å². The van der Waals surface area contributed by atoms with E-state index in [9.17, 15) is 0 Å². The highest BCUT2D eigenvalue weighted by atomic mass is 14.7. The lowest BCUT2D eigenvalue weighted by Crippen LogP contribution is -2.32. The molecule has 13 heavy (non-hydrogen) atoms. The Labute approximate surface area is 78.9 Å². The first-order valence-corrected chi connectivity index (χ1v) is 5.22. The molecule has 1 heteroatoms. The molecule has 1 fully saturated rings. The van der Waals surface area contributed by atoms with Crippen molar-refractivity contribution in [3.05, 3.63) is 35.4 Å². The molecule has 2 aliphatic rings. The highest BCUT2D eigenvalue weighted by Gasteiger charge is 2.40. The molecule has 2 N–H and O–H groups in total. The molecule has 3 rings (SSSR count). The summed E-state index contributed by atoms with van der Waals surface area (Å²) in [5, 5.41) is 0. The maximum Gasteiger partial charge on any atom is 0.0177 e. The fraction of sp³-hybridized carbons (Fsp3) is 0.500. The van der Waals surface area contributed by atoms with Crippen molar-refractivity contribution in [3.63, 3.8) is 0 Å². The molecule has 0 saturated heterocycles. The lowest BCUT2D eigenvalue weighted by Gasteiger charge is -2.26. The fourth-order valence-corrected chi connectivity index (χ4v) is 3.13. The Morgan fingerprint density at radius 3 is 2.08 bits per heavy atom. The molecule has 0 aliphatic heterocycles. The Kier molecular flexibility index (Phi) is 1.50. The Balaban J connectivity index is 2.17. The topological polar surface area (TPSA) is 26.0 Å². The third-order valence-electron chi connectivity index (χ3n) is 3.75. The van der Waals surface area contributed by atoms with Crippen molar-refractivity contribution in [2.75, 3.05) is 0 Å². The minimum absolute atomic E-state index is 0.408. The molecule has 0 amide bonds. The van der Waals surface area contributed by atoms with E-state index in [1.165, 1.54) is 30.4 Å². The van der Waals surface area contributed by atoms with Crippen molar-refractivity contribution in [1.82, 2.24) is 0 Å². The monoisotopic (exact) mass is 173 g/mol. The van der Waals surface area contributed by atoms with E-state index in [1.807, 2.05) is 0 Å². The highest BCUT2D eigenvalue weighted by molar-refractivity contribution is 5.42. The zero-order valence-corrected chi connectivity index (χ0v) is 7.74. The molecule has 0 aromatic heterocycles. The Morgan fingerprint density at radius 1 is 1.00 bits per heavy atom. The van der Waals surface area contributed by atoms with Gasteiger partial charge in [-0.05, 0) is 35.8 Å². The number of fused-ring (bicyclic) bond motifs is 5. The first-order chi connectivity index (χ1) is 6.38. The quantitative estimate of drug-likeness (QED) is 0.640. The van der Waals surface area contributed by atoms with E-state index in [4.69, 9.17) is 5.73 Å². The number of benzene rings is 1. The summed E-state index contributed by atoms with van der Waals surface area (Å²) in [5.41, 5.74) is 9.31. The van der Waals surface area contributed by atoms with Crippen LogP contribution in [-0.4, -0.2) is 6.04 Å². The van der Waals surface area contributed by atoms with Gasteiger partial charge in [-0.3, -0.25) is 0 Å². The van der Waals surface area contributed by atoms with E-state index < -0.39 is 0 Å². The SMILES string of the molecule is NC1[C@@H]2CCC[C@H]1c1ccccc12. The largest absolute Gasteiger partial charge is 0.327 e. The fourth-order valence-electron chi connectivity index (χ4n) is 3.13. The average molecular weight is 173 g/mol. The molecule has 1 aromatic rings. The maximum absolute atomic E-state index is 6.23. The second-order valence-electron chi connectivity index (χ2n) is 4.35. The summed E-state index contributed by atoms with van der Waals surface area (Å²) in [7, 11) is 0. The summed E-state index contributed by atoms with van der Waals surface area (Å²) in [5.74, 6) is 1.32. The van der Waals surface area contributed by atoms with Crippen LogP contribution < -0.4 is 5.73 Å².